The Bertz CT molecular complexity index is 620. The van der Waals surface area contributed by atoms with Gasteiger partial charge < -0.3 is 4.90 Å². The molecule has 22 heavy (non-hydrogen) atoms. The molecular formula is C14H23N4O3S+. The Kier molecular flexibility index (Phi) is 5.17. The van der Waals surface area contributed by atoms with Crippen molar-refractivity contribution in [3.8, 4) is 0 Å². The molecule has 7 nitrogen and oxygen atoms in total. The zero-order valence-corrected chi connectivity index (χ0v) is 14.0. The van der Waals surface area contributed by atoms with E-state index in [9.17, 15) is 13.2 Å². The van der Waals surface area contributed by atoms with Crippen molar-refractivity contribution in [2.75, 3.05) is 47.3 Å². The zero-order valence-electron chi connectivity index (χ0n) is 13.2. The van der Waals surface area contributed by atoms with Crippen molar-refractivity contribution in [2.45, 2.75) is 4.90 Å². The van der Waals surface area contributed by atoms with Crippen LogP contribution in [0.1, 0.15) is 10.4 Å². The second-order valence-corrected chi connectivity index (χ2v) is 7.85. The number of rotatable bonds is 4. The van der Waals surface area contributed by atoms with E-state index in [1.807, 2.05) is 5.01 Å². The quantitative estimate of drug-likeness (QED) is 0.699. The van der Waals surface area contributed by atoms with E-state index in [1.54, 1.807) is 0 Å². The summed E-state index contributed by atoms with van der Waals surface area (Å²) >= 11 is 0. The van der Waals surface area contributed by atoms with Crippen LogP contribution in [0.25, 0.3) is 0 Å². The number of amides is 1. The van der Waals surface area contributed by atoms with Gasteiger partial charge in [-0.25, -0.2) is 17.7 Å². The highest BCUT2D eigenvalue weighted by atomic mass is 32.2. The van der Waals surface area contributed by atoms with E-state index >= 15 is 0 Å². The number of hydrogen-bond donors (Lipinski definition) is 2. The van der Waals surface area contributed by atoms with Crippen LogP contribution in [0, 0.1) is 0 Å². The third kappa shape index (κ3) is 3.83. The van der Waals surface area contributed by atoms with Crippen LogP contribution < -0.4 is 10.3 Å². The Balaban J connectivity index is 2.03. The van der Waals surface area contributed by atoms with Gasteiger partial charge in [0.05, 0.1) is 38.1 Å². The number of nitrogens with one attached hydrogen (secondary N) is 2. The molecule has 1 saturated heterocycles. The molecule has 1 amide bonds. The first-order valence-corrected chi connectivity index (χ1v) is 8.64. The Morgan fingerprint density at radius 1 is 1.18 bits per heavy atom. The molecule has 1 aliphatic heterocycles. The summed E-state index contributed by atoms with van der Waals surface area (Å²) in [6.07, 6.45) is 0. The lowest BCUT2D eigenvalue weighted by molar-refractivity contribution is -0.884. The number of carbonyl (C=O) groups is 1. The molecule has 0 bridgehead atoms. The summed E-state index contributed by atoms with van der Waals surface area (Å²) in [6.45, 7) is 3.59. The normalized spacial score (nSPS) is 17.6. The molecule has 0 radical (unpaired) electrons. The predicted octanol–water partition coefficient (Wildman–Crippen LogP) is -1.59. The molecule has 2 N–H and O–H groups in total. The highest BCUT2D eigenvalue weighted by Gasteiger charge is 2.20. The average molecular weight is 327 g/mol. The largest absolute Gasteiger partial charge is 0.335 e. The van der Waals surface area contributed by atoms with Crippen LogP contribution in [0.4, 0.5) is 0 Å². The van der Waals surface area contributed by atoms with Gasteiger partial charge in [0.25, 0.3) is 5.91 Å². The number of nitrogens with zero attached hydrogens (tertiary/aromatic N) is 2. The maximum absolute atomic E-state index is 12.2. The third-order valence-electron chi connectivity index (χ3n) is 3.77. The number of quaternary nitrogens is 1. The fourth-order valence-corrected chi connectivity index (χ4v) is 3.10. The second kappa shape index (κ2) is 6.74. The Morgan fingerprint density at radius 2 is 1.73 bits per heavy atom. The molecule has 1 aromatic rings. The van der Waals surface area contributed by atoms with Gasteiger partial charge in [0, 0.05) is 19.7 Å². The lowest BCUT2D eigenvalue weighted by Gasteiger charge is -2.30. The monoisotopic (exact) mass is 327 g/mol. The van der Waals surface area contributed by atoms with Gasteiger partial charge in [-0.3, -0.25) is 10.2 Å². The first-order chi connectivity index (χ1) is 10.3. The van der Waals surface area contributed by atoms with Crippen LogP contribution >= 0.6 is 0 Å². The fourth-order valence-electron chi connectivity index (χ4n) is 2.20. The molecule has 0 spiro atoms. The van der Waals surface area contributed by atoms with E-state index < -0.39 is 10.0 Å². The predicted molar refractivity (Wildman–Crippen MR) is 83.0 cm³/mol. The first-order valence-electron chi connectivity index (χ1n) is 7.20. The molecule has 1 heterocycles. The van der Waals surface area contributed by atoms with Crippen LogP contribution in [-0.4, -0.2) is 71.0 Å². The van der Waals surface area contributed by atoms with Crippen LogP contribution in [0.5, 0.6) is 0 Å². The van der Waals surface area contributed by atoms with E-state index in [1.165, 1.54) is 43.3 Å². The summed E-state index contributed by atoms with van der Waals surface area (Å²) in [5, 5.41) is 1.90. The maximum Gasteiger partial charge on any atom is 0.265 e. The van der Waals surface area contributed by atoms with Crippen molar-refractivity contribution in [2.24, 2.45) is 0 Å². The lowest BCUT2D eigenvalue weighted by atomic mass is 10.2. The molecule has 0 saturated carbocycles. The SMILES string of the molecule is CN(C)S(=O)(=O)c1ccc(C(=O)NN2CC[NH+](C)CC2)cc1. The van der Waals surface area contributed by atoms with Gasteiger partial charge in [0.2, 0.25) is 10.0 Å². The minimum absolute atomic E-state index is 0.178. The number of hydrazine groups is 1. The van der Waals surface area contributed by atoms with Crippen LogP contribution in [0.15, 0.2) is 29.2 Å². The number of likely N-dealkylation sites (N-methyl/N-ethyl adjacent to an activating group) is 1. The van der Waals surface area contributed by atoms with Crippen molar-refractivity contribution in [1.29, 1.82) is 0 Å². The molecule has 1 aromatic carbocycles. The fraction of sp³-hybridized carbons (Fsp3) is 0.500. The van der Waals surface area contributed by atoms with Crippen molar-refractivity contribution in [1.82, 2.24) is 14.7 Å². The van der Waals surface area contributed by atoms with E-state index in [0.29, 0.717) is 5.56 Å². The zero-order chi connectivity index (χ0) is 16.3. The molecule has 0 atom stereocenters. The minimum Gasteiger partial charge on any atom is -0.335 e. The number of sulfonamides is 1. The summed E-state index contributed by atoms with van der Waals surface area (Å²) in [5.74, 6) is -0.214. The van der Waals surface area contributed by atoms with Crippen molar-refractivity contribution in [3.63, 3.8) is 0 Å². The third-order valence-corrected chi connectivity index (χ3v) is 5.60. The molecule has 1 aliphatic rings. The number of carbonyl (C=O) groups excluding carboxylic acids is 1. The van der Waals surface area contributed by atoms with E-state index in [-0.39, 0.29) is 10.8 Å². The molecule has 8 heteroatoms. The smallest absolute Gasteiger partial charge is 0.265 e. The highest BCUT2D eigenvalue weighted by Crippen LogP contribution is 2.14. The number of piperazine rings is 1. The summed E-state index contributed by atoms with van der Waals surface area (Å²) in [6, 6.07) is 5.98. The van der Waals surface area contributed by atoms with E-state index in [2.05, 4.69) is 12.5 Å². The molecule has 0 unspecified atom stereocenters. The minimum atomic E-state index is -3.46. The topological polar surface area (TPSA) is 74.2 Å². The summed E-state index contributed by atoms with van der Waals surface area (Å²) in [4.78, 5) is 13.8. The van der Waals surface area contributed by atoms with Gasteiger partial charge in [-0.1, -0.05) is 0 Å². The van der Waals surface area contributed by atoms with E-state index in [0.717, 1.165) is 30.5 Å². The summed E-state index contributed by atoms with van der Waals surface area (Å²) < 4.78 is 25.1. The molecule has 0 aromatic heterocycles. The van der Waals surface area contributed by atoms with Gasteiger partial charge >= 0.3 is 0 Å². The highest BCUT2D eigenvalue weighted by molar-refractivity contribution is 7.89. The lowest BCUT2D eigenvalue weighted by Crippen LogP contribution is -3.12. The van der Waals surface area contributed by atoms with Crippen LogP contribution in [0.2, 0.25) is 0 Å². The molecule has 0 aliphatic carbocycles. The van der Waals surface area contributed by atoms with E-state index in [4.69, 9.17) is 0 Å². The summed E-state index contributed by atoms with van der Waals surface area (Å²) in [5.41, 5.74) is 3.31. The average Bonchev–Trinajstić information content (AvgIpc) is 2.49. The van der Waals surface area contributed by atoms with Crippen LogP contribution in [0.3, 0.4) is 0 Å². The summed E-state index contributed by atoms with van der Waals surface area (Å²) in [7, 11) is 1.62. The van der Waals surface area contributed by atoms with Crippen molar-refractivity contribution < 1.29 is 18.1 Å². The standard InChI is InChI=1S/C14H22N4O3S/c1-16(2)22(20,21)13-6-4-12(5-7-13)14(19)15-18-10-8-17(3)9-11-18/h4-7H,8-11H2,1-3H3,(H,15,19)/p+1. The second-order valence-electron chi connectivity index (χ2n) is 5.70. The Morgan fingerprint density at radius 3 is 2.23 bits per heavy atom. The Labute approximate surface area is 131 Å². The van der Waals surface area contributed by atoms with Crippen molar-refractivity contribution >= 4 is 15.9 Å². The molecular weight excluding hydrogens is 304 g/mol. The molecule has 122 valence electrons. The molecule has 2 rings (SSSR count). The van der Waals surface area contributed by atoms with Crippen molar-refractivity contribution in [3.05, 3.63) is 29.8 Å². The van der Waals surface area contributed by atoms with Gasteiger partial charge in [0.15, 0.2) is 0 Å². The van der Waals surface area contributed by atoms with Gasteiger partial charge in [-0.2, -0.15) is 0 Å². The van der Waals surface area contributed by atoms with Crippen LogP contribution in [-0.2, 0) is 10.0 Å². The number of hydrogen-bond acceptors (Lipinski definition) is 4. The van der Waals surface area contributed by atoms with Gasteiger partial charge in [0.1, 0.15) is 0 Å². The first kappa shape index (κ1) is 16.9. The Hall–Kier alpha value is -1.48. The number of benzene rings is 1. The van der Waals surface area contributed by atoms with Gasteiger partial charge in [-0.05, 0) is 24.3 Å². The molecule has 1 fully saturated rings. The maximum atomic E-state index is 12.2. The van der Waals surface area contributed by atoms with Gasteiger partial charge in [-0.15, -0.1) is 0 Å².